The number of aliphatic hydroxyl groups excluding tert-OH is 1. The van der Waals surface area contributed by atoms with E-state index in [1.807, 2.05) is 6.07 Å². The molecule has 1 atom stereocenters. The Bertz CT molecular complexity index is 183. The minimum atomic E-state index is -0.735. The lowest BCUT2D eigenvalue weighted by molar-refractivity contribution is 0.0924. The fourth-order valence-electron chi connectivity index (χ4n) is 1.84. The van der Waals surface area contributed by atoms with Gasteiger partial charge in [0.1, 0.15) is 6.10 Å². The molecular weight excluding hydrogens is 150 g/mol. The fraction of sp³-hybridized carbons (Fsp3) is 0.900. The zero-order valence-corrected chi connectivity index (χ0v) is 7.88. The van der Waals surface area contributed by atoms with E-state index in [1.165, 1.54) is 0 Å². The third kappa shape index (κ3) is 2.22. The van der Waals surface area contributed by atoms with Crippen LogP contribution >= 0.6 is 0 Å². The zero-order chi connectivity index (χ0) is 9.19. The van der Waals surface area contributed by atoms with Crippen molar-refractivity contribution in [2.24, 2.45) is 11.3 Å². The summed E-state index contributed by atoms with van der Waals surface area (Å²) in [6.45, 7) is 4.50. The maximum absolute atomic E-state index is 9.29. The van der Waals surface area contributed by atoms with Crippen LogP contribution in [0.5, 0.6) is 0 Å². The van der Waals surface area contributed by atoms with Crippen LogP contribution in [0, 0.1) is 22.7 Å². The second-order valence-corrected chi connectivity index (χ2v) is 4.58. The van der Waals surface area contributed by atoms with Crippen LogP contribution in [0.4, 0.5) is 0 Å². The van der Waals surface area contributed by atoms with E-state index in [-0.39, 0.29) is 5.92 Å². The van der Waals surface area contributed by atoms with Crippen LogP contribution in [-0.4, -0.2) is 11.2 Å². The summed E-state index contributed by atoms with van der Waals surface area (Å²) in [6.07, 6.45) is 3.54. The summed E-state index contributed by atoms with van der Waals surface area (Å²) in [5, 5.41) is 17.8. The van der Waals surface area contributed by atoms with Gasteiger partial charge < -0.3 is 5.11 Å². The molecule has 0 radical (unpaired) electrons. The minimum absolute atomic E-state index is 0.225. The predicted molar refractivity (Wildman–Crippen MR) is 47.4 cm³/mol. The van der Waals surface area contributed by atoms with E-state index in [4.69, 9.17) is 5.26 Å². The highest BCUT2D eigenvalue weighted by Gasteiger charge is 2.30. The lowest BCUT2D eigenvalue weighted by Gasteiger charge is -2.34. The minimum Gasteiger partial charge on any atom is -0.378 e. The number of hydrogen-bond acceptors (Lipinski definition) is 2. The molecule has 0 spiro atoms. The van der Waals surface area contributed by atoms with E-state index in [0.717, 1.165) is 25.7 Å². The first-order valence-electron chi connectivity index (χ1n) is 4.63. The Balaban J connectivity index is 2.42. The molecule has 1 aliphatic carbocycles. The van der Waals surface area contributed by atoms with Gasteiger partial charge in [0.25, 0.3) is 0 Å². The van der Waals surface area contributed by atoms with E-state index in [0.29, 0.717) is 5.41 Å². The molecule has 0 bridgehead atoms. The molecule has 2 heteroatoms. The molecule has 68 valence electrons. The van der Waals surface area contributed by atoms with Crippen molar-refractivity contribution in [3.05, 3.63) is 0 Å². The molecule has 1 N–H and O–H groups in total. The van der Waals surface area contributed by atoms with Gasteiger partial charge >= 0.3 is 0 Å². The number of nitrogens with zero attached hydrogens (tertiary/aromatic N) is 1. The molecule has 0 heterocycles. The van der Waals surface area contributed by atoms with Crippen LogP contribution in [0.3, 0.4) is 0 Å². The topological polar surface area (TPSA) is 44.0 Å². The van der Waals surface area contributed by atoms with Crippen molar-refractivity contribution in [2.75, 3.05) is 0 Å². The quantitative estimate of drug-likeness (QED) is 0.608. The molecule has 0 aromatic heterocycles. The first-order valence-corrected chi connectivity index (χ1v) is 4.63. The van der Waals surface area contributed by atoms with E-state index in [2.05, 4.69) is 13.8 Å². The Morgan fingerprint density at radius 1 is 1.42 bits per heavy atom. The Morgan fingerprint density at radius 3 is 2.33 bits per heavy atom. The zero-order valence-electron chi connectivity index (χ0n) is 7.88. The maximum Gasteiger partial charge on any atom is 0.143 e. The third-order valence-corrected chi connectivity index (χ3v) is 2.96. The normalized spacial score (nSPS) is 26.2. The average molecular weight is 167 g/mol. The molecule has 0 aliphatic heterocycles. The number of hydrogen-bond donors (Lipinski definition) is 1. The molecule has 1 aliphatic rings. The molecule has 1 unspecified atom stereocenters. The van der Waals surface area contributed by atoms with Gasteiger partial charge in [0.05, 0.1) is 6.07 Å². The Kier molecular flexibility index (Phi) is 2.74. The second-order valence-electron chi connectivity index (χ2n) is 4.58. The van der Waals surface area contributed by atoms with Crippen molar-refractivity contribution in [3.8, 4) is 6.07 Å². The molecule has 0 saturated heterocycles. The van der Waals surface area contributed by atoms with Crippen molar-refractivity contribution >= 4 is 0 Å². The highest BCUT2D eigenvalue weighted by molar-refractivity contribution is 4.91. The smallest absolute Gasteiger partial charge is 0.143 e. The summed E-state index contributed by atoms with van der Waals surface area (Å²) in [7, 11) is 0. The molecule has 1 fully saturated rings. The van der Waals surface area contributed by atoms with E-state index in [1.54, 1.807) is 0 Å². The van der Waals surface area contributed by atoms with Crippen LogP contribution in [0.15, 0.2) is 0 Å². The van der Waals surface area contributed by atoms with Gasteiger partial charge in [-0.25, -0.2) is 0 Å². The van der Waals surface area contributed by atoms with Gasteiger partial charge in [0, 0.05) is 0 Å². The number of nitriles is 1. The molecule has 0 aromatic carbocycles. The summed E-state index contributed by atoms with van der Waals surface area (Å²) in [5.41, 5.74) is 0.422. The van der Waals surface area contributed by atoms with Gasteiger partial charge in [-0.15, -0.1) is 0 Å². The highest BCUT2D eigenvalue weighted by atomic mass is 16.3. The van der Waals surface area contributed by atoms with Crippen molar-refractivity contribution < 1.29 is 5.11 Å². The molecular formula is C10H17NO. The number of aliphatic hydroxyl groups is 1. The van der Waals surface area contributed by atoms with Crippen LogP contribution in [0.2, 0.25) is 0 Å². The fourth-order valence-corrected chi connectivity index (χ4v) is 1.84. The molecule has 1 rings (SSSR count). The summed E-state index contributed by atoms with van der Waals surface area (Å²) >= 11 is 0. The second kappa shape index (κ2) is 3.45. The lowest BCUT2D eigenvalue weighted by atomic mass is 9.72. The van der Waals surface area contributed by atoms with Crippen molar-refractivity contribution in [1.29, 1.82) is 5.26 Å². The largest absolute Gasteiger partial charge is 0.378 e. The Morgan fingerprint density at radius 2 is 1.92 bits per heavy atom. The van der Waals surface area contributed by atoms with Gasteiger partial charge in [0.2, 0.25) is 0 Å². The molecule has 0 aromatic rings. The first kappa shape index (κ1) is 9.54. The lowest BCUT2D eigenvalue weighted by Crippen LogP contribution is -2.28. The monoisotopic (exact) mass is 167 g/mol. The van der Waals surface area contributed by atoms with Crippen molar-refractivity contribution in [1.82, 2.24) is 0 Å². The Hall–Kier alpha value is -0.550. The average Bonchev–Trinajstić information content (AvgIpc) is 2.03. The van der Waals surface area contributed by atoms with Gasteiger partial charge in [-0.2, -0.15) is 5.26 Å². The molecule has 1 saturated carbocycles. The Labute approximate surface area is 74.2 Å². The van der Waals surface area contributed by atoms with Crippen LogP contribution in [0.1, 0.15) is 39.5 Å². The van der Waals surface area contributed by atoms with Crippen LogP contribution in [0.25, 0.3) is 0 Å². The van der Waals surface area contributed by atoms with Crippen LogP contribution < -0.4 is 0 Å². The number of rotatable bonds is 1. The van der Waals surface area contributed by atoms with E-state index < -0.39 is 6.10 Å². The van der Waals surface area contributed by atoms with E-state index >= 15 is 0 Å². The standard InChI is InChI=1S/C10H17NO/c1-10(2)5-3-8(4-6-10)9(12)7-11/h8-9,12H,3-6H2,1-2H3. The predicted octanol–water partition coefficient (Wildman–Crippen LogP) is 2.09. The molecule has 2 nitrogen and oxygen atoms in total. The van der Waals surface area contributed by atoms with Gasteiger partial charge in [0.15, 0.2) is 0 Å². The SMILES string of the molecule is CC1(C)CCC(C(O)C#N)CC1. The van der Waals surface area contributed by atoms with Crippen molar-refractivity contribution in [2.45, 2.75) is 45.6 Å². The van der Waals surface area contributed by atoms with Gasteiger partial charge in [-0.05, 0) is 37.0 Å². The summed E-state index contributed by atoms with van der Waals surface area (Å²) in [4.78, 5) is 0. The summed E-state index contributed by atoms with van der Waals surface area (Å²) in [5.74, 6) is 0.225. The summed E-state index contributed by atoms with van der Waals surface area (Å²) in [6, 6.07) is 1.92. The van der Waals surface area contributed by atoms with Crippen molar-refractivity contribution in [3.63, 3.8) is 0 Å². The van der Waals surface area contributed by atoms with E-state index in [9.17, 15) is 5.11 Å². The van der Waals surface area contributed by atoms with Gasteiger partial charge in [-0.1, -0.05) is 13.8 Å². The third-order valence-electron chi connectivity index (χ3n) is 2.96. The molecule has 0 amide bonds. The maximum atomic E-state index is 9.29. The molecule has 12 heavy (non-hydrogen) atoms. The first-order chi connectivity index (χ1) is 5.55. The highest BCUT2D eigenvalue weighted by Crippen LogP contribution is 2.38. The van der Waals surface area contributed by atoms with Crippen LogP contribution in [-0.2, 0) is 0 Å². The summed E-state index contributed by atoms with van der Waals surface area (Å²) < 4.78 is 0. The van der Waals surface area contributed by atoms with Gasteiger partial charge in [-0.3, -0.25) is 0 Å².